The molecule has 0 saturated heterocycles. The standard InChI is InChI=1S/C23H17BrCl2F5N3O3/c1-36-8-7-15-18(20(35)32-11-22(27,28)16-6-5-13(24)10-17(16)25)21(34-33-19(15)26)37-14-4-2-3-12(9-14)23(29,30)31/h2-6,9-10H,7-8,11H2,1H3,(H,32,35). The number of ether oxygens (including phenoxy) is 2. The fourth-order valence-corrected chi connectivity index (χ4v) is 4.22. The average Bonchev–Trinajstić information content (AvgIpc) is 2.82. The lowest BCUT2D eigenvalue weighted by molar-refractivity contribution is -0.137. The summed E-state index contributed by atoms with van der Waals surface area (Å²) in [6, 6.07) is 7.57. The highest BCUT2D eigenvalue weighted by Crippen LogP contribution is 2.36. The molecule has 0 aliphatic heterocycles. The predicted octanol–water partition coefficient (Wildman–Crippen LogP) is 7.07. The van der Waals surface area contributed by atoms with E-state index < -0.39 is 41.6 Å². The van der Waals surface area contributed by atoms with Gasteiger partial charge in [-0.1, -0.05) is 51.3 Å². The van der Waals surface area contributed by atoms with E-state index in [0.29, 0.717) is 10.5 Å². The fraction of sp³-hybridized carbons (Fsp3) is 0.261. The quantitative estimate of drug-likeness (QED) is 0.257. The molecule has 0 fully saturated rings. The van der Waals surface area contributed by atoms with Crippen molar-refractivity contribution in [1.29, 1.82) is 0 Å². The number of alkyl halides is 5. The number of halogens is 8. The van der Waals surface area contributed by atoms with Gasteiger partial charge < -0.3 is 14.8 Å². The zero-order valence-electron chi connectivity index (χ0n) is 18.8. The third-order valence-corrected chi connectivity index (χ3v) is 6.06. The van der Waals surface area contributed by atoms with Crippen LogP contribution in [0.3, 0.4) is 0 Å². The van der Waals surface area contributed by atoms with Crippen LogP contribution in [0.1, 0.15) is 27.0 Å². The molecule has 1 heterocycles. The summed E-state index contributed by atoms with van der Waals surface area (Å²) in [7, 11) is 1.38. The molecule has 0 saturated carbocycles. The van der Waals surface area contributed by atoms with Crippen molar-refractivity contribution in [3.05, 3.63) is 79.4 Å². The molecule has 0 aliphatic rings. The topological polar surface area (TPSA) is 73.3 Å². The molecule has 0 bridgehead atoms. The van der Waals surface area contributed by atoms with Gasteiger partial charge >= 0.3 is 6.18 Å². The molecular weight excluding hydrogens is 612 g/mol. The summed E-state index contributed by atoms with van der Waals surface area (Å²) in [6.07, 6.45) is -4.66. The Labute approximate surface area is 226 Å². The first-order valence-corrected chi connectivity index (χ1v) is 11.9. The first-order chi connectivity index (χ1) is 17.3. The summed E-state index contributed by atoms with van der Waals surface area (Å²) < 4.78 is 80.0. The molecular formula is C23H17BrCl2F5N3O3. The summed E-state index contributed by atoms with van der Waals surface area (Å²) >= 11 is 15.2. The van der Waals surface area contributed by atoms with Crippen molar-refractivity contribution in [1.82, 2.24) is 15.5 Å². The van der Waals surface area contributed by atoms with Crippen molar-refractivity contribution in [2.45, 2.75) is 18.5 Å². The number of hydrogen-bond acceptors (Lipinski definition) is 5. The Bertz CT molecular complexity index is 1290. The van der Waals surface area contributed by atoms with Gasteiger partial charge in [0.2, 0.25) is 0 Å². The Morgan fingerprint density at radius 2 is 1.81 bits per heavy atom. The molecule has 14 heteroatoms. The van der Waals surface area contributed by atoms with Crippen LogP contribution in [0.4, 0.5) is 22.0 Å². The minimum absolute atomic E-state index is 0.00148. The molecule has 3 rings (SSSR count). The summed E-state index contributed by atoms with van der Waals surface area (Å²) in [4.78, 5) is 13.1. The van der Waals surface area contributed by atoms with Gasteiger partial charge in [-0.25, -0.2) is 0 Å². The average molecular weight is 629 g/mol. The maximum Gasteiger partial charge on any atom is 0.416 e. The van der Waals surface area contributed by atoms with Crippen LogP contribution in [0.2, 0.25) is 10.2 Å². The van der Waals surface area contributed by atoms with Gasteiger partial charge in [0.05, 0.1) is 23.7 Å². The van der Waals surface area contributed by atoms with Crippen molar-refractivity contribution < 1.29 is 36.2 Å². The molecule has 0 spiro atoms. The first-order valence-electron chi connectivity index (χ1n) is 10.3. The van der Waals surface area contributed by atoms with E-state index in [9.17, 15) is 26.7 Å². The van der Waals surface area contributed by atoms with E-state index in [1.807, 2.05) is 0 Å². The largest absolute Gasteiger partial charge is 0.437 e. The van der Waals surface area contributed by atoms with Crippen LogP contribution in [0.5, 0.6) is 11.6 Å². The minimum atomic E-state index is -4.66. The highest BCUT2D eigenvalue weighted by molar-refractivity contribution is 9.10. The minimum Gasteiger partial charge on any atom is -0.437 e. The second kappa shape index (κ2) is 11.9. The summed E-state index contributed by atoms with van der Waals surface area (Å²) in [5.41, 5.74) is -1.87. The van der Waals surface area contributed by atoms with Gasteiger partial charge in [-0.3, -0.25) is 4.79 Å². The van der Waals surface area contributed by atoms with E-state index >= 15 is 0 Å². The van der Waals surface area contributed by atoms with Gasteiger partial charge in [0.25, 0.3) is 17.7 Å². The molecule has 1 N–H and O–H groups in total. The predicted molar refractivity (Wildman–Crippen MR) is 130 cm³/mol. The van der Waals surface area contributed by atoms with Crippen molar-refractivity contribution in [2.24, 2.45) is 0 Å². The zero-order chi connectivity index (χ0) is 27.4. The van der Waals surface area contributed by atoms with Crippen LogP contribution in [0, 0.1) is 0 Å². The van der Waals surface area contributed by atoms with E-state index in [1.54, 1.807) is 0 Å². The summed E-state index contributed by atoms with van der Waals surface area (Å²) in [5, 5.41) is 9.00. The normalized spacial score (nSPS) is 11.9. The van der Waals surface area contributed by atoms with E-state index in [0.717, 1.165) is 18.2 Å². The van der Waals surface area contributed by atoms with Crippen molar-refractivity contribution in [3.8, 4) is 11.6 Å². The molecule has 1 amide bonds. The van der Waals surface area contributed by atoms with Crippen molar-refractivity contribution >= 4 is 45.0 Å². The third-order valence-electron chi connectivity index (χ3n) is 4.95. The number of methoxy groups -OCH3 is 1. The molecule has 6 nitrogen and oxygen atoms in total. The highest BCUT2D eigenvalue weighted by atomic mass is 79.9. The highest BCUT2D eigenvalue weighted by Gasteiger charge is 2.36. The van der Waals surface area contributed by atoms with E-state index in [1.165, 1.54) is 25.3 Å². The Kier molecular flexibility index (Phi) is 9.32. The maximum absolute atomic E-state index is 14.9. The van der Waals surface area contributed by atoms with Gasteiger partial charge in [0.15, 0.2) is 5.15 Å². The molecule has 198 valence electrons. The molecule has 1 aromatic heterocycles. The zero-order valence-corrected chi connectivity index (χ0v) is 21.9. The summed E-state index contributed by atoms with van der Waals surface area (Å²) in [6.45, 7) is -1.11. The second-order valence-corrected chi connectivity index (χ2v) is 9.21. The Hall–Kier alpha value is -2.54. The molecule has 3 aromatic rings. The number of amides is 1. The number of carbonyl (C=O) groups excluding carboxylic acids is 1. The van der Waals surface area contributed by atoms with Gasteiger partial charge in [0.1, 0.15) is 11.3 Å². The van der Waals surface area contributed by atoms with Gasteiger partial charge in [-0.2, -0.15) is 22.0 Å². The van der Waals surface area contributed by atoms with E-state index in [2.05, 4.69) is 31.4 Å². The SMILES string of the molecule is COCCc1c(Cl)nnc(Oc2cccc(C(F)(F)F)c2)c1C(=O)NCC(F)(F)c1ccc(Br)cc1Cl. The third kappa shape index (κ3) is 7.28. The summed E-state index contributed by atoms with van der Waals surface area (Å²) in [5.74, 6) is -5.49. The number of benzene rings is 2. The number of nitrogens with one attached hydrogen (secondary N) is 1. The van der Waals surface area contributed by atoms with Crippen LogP contribution < -0.4 is 10.1 Å². The number of nitrogens with zero attached hydrogens (tertiary/aromatic N) is 2. The monoisotopic (exact) mass is 627 g/mol. The first kappa shape index (κ1) is 29.0. The molecule has 0 atom stereocenters. The van der Waals surface area contributed by atoms with Gasteiger partial charge in [0, 0.05) is 22.7 Å². The van der Waals surface area contributed by atoms with Crippen LogP contribution in [0.15, 0.2) is 46.9 Å². The Morgan fingerprint density at radius 1 is 1.08 bits per heavy atom. The maximum atomic E-state index is 14.9. The van der Waals surface area contributed by atoms with Crippen molar-refractivity contribution in [3.63, 3.8) is 0 Å². The lowest BCUT2D eigenvalue weighted by Crippen LogP contribution is -2.36. The molecule has 0 radical (unpaired) electrons. The lowest BCUT2D eigenvalue weighted by atomic mass is 10.1. The van der Waals surface area contributed by atoms with Crippen LogP contribution in [0.25, 0.3) is 0 Å². The molecule has 2 aromatic carbocycles. The number of rotatable bonds is 9. The fourth-order valence-electron chi connectivity index (χ4n) is 3.18. The second-order valence-electron chi connectivity index (χ2n) is 7.53. The van der Waals surface area contributed by atoms with Gasteiger partial charge in [-0.15, -0.1) is 10.2 Å². The molecule has 0 aliphatic carbocycles. The Morgan fingerprint density at radius 3 is 2.46 bits per heavy atom. The van der Waals surface area contributed by atoms with Gasteiger partial charge in [-0.05, 0) is 36.8 Å². The number of hydrogen-bond donors (Lipinski definition) is 1. The molecule has 37 heavy (non-hydrogen) atoms. The lowest BCUT2D eigenvalue weighted by Gasteiger charge is -2.20. The smallest absolute Gasteiger partial charge is 0.416 e. The molecule has 0 unspecified atom stereocenters. The van der Waals surface area contributed by atoms with Crippen LogP contribution in [-0.2, 0) is 23.3 Å². The van der Waals surface area contributed by atoms with Crippen LogP contribution >= 0.6 is 39.1 Å². The van der Waals surface area contributed by atoms with Crippen LogP contribution in [-0.4, -0.2) is 36.4 Å². The van der Waals surface area contributed by atoms with Crippen molar-refractivity contribution in [2.75, 3.05) is 20.3 Å². The van der Waals surface area contributed by atoms with E-state index in [4.69, 9.17) is 32.7 Å². The number of aromatic nitrogens is 2. The van der Waals surface area contributed by atoms with E-state index in [-0.39, 0.29) is 40.1 Å². The Balaban J connectivity index is 1.96. The number of carbonyl (C=O) groups is 1.